The minimum Gasteiger partial charge on any atom is -0.480 e. The molecular formula is C11H14N2O6S. The summed E-state index contributed by atoms with van der Waals surface area (Å²) in [6.07, 6.45) is 0. The largest absolute Gasteiger partial charge is 0.480 e. The number of likely N-dealkylation sites (N-methyl/N-ethyl adjacent to an activating group) is 1. The van der Waals surface area contributed by atoms with Crippen LogP contribution in [0.5, 0.6) is 0 Å². The number of carbonyl (C=O) groups is 1. The van der Waals surface area contributed by atoms with E-state index >= 15 is 0 Å². The highest BCUT2D eigenvalue weighted by Gasteiger charge is 2.30. The number of nitrogens with zero attached hydrogens (tertiary/aromatic N) is 2. The van der Waals surface area contributed by atoms with Gasteiger partial charge in [0, 0.05) is 18.7 Å². The van der Waals surface area contributed by atoms with Crippen molar-refractivity contribution in [2.75, 3.05) is 7.05 Å². The molecule has 0 radical (unpaired) electrons. The van der Waals surface area contributed by atoms with Gasteiger partial charge in [-0.1, -0.05) is 6.07 Å². The molecule has 1 rings (SSSR count). The summed E-state index contributed by atoms with van der Waals surface area (Å²) in [5, 5.41) is 19.7. The molecule has 1 unspecified atom stereocenters. The number of hydrogen-bond donors (Lipinski definition) is 1. The second kappa shape index (κ2) is 5.55. The first kappa shape index (κ1) is 16.1. The smallest absolute Gasteiger partial charge is 0.321 e. The molecule has 0 bridgehead atoms. The Morgan fingerprint density at radius 1 is 1.45 bits per heavy atom. The maximum absolute atomic E-state index is 12.2. The van der Waals surface area contributed by atoms with E-state index in [1.54, 1.807) is 0 Å². The summed E-state index contributed by atoms with van der Waals surface area (Å²) in [5.74, 6) is -1.31. The summed E-state index contributed by atoms with van der Waals surface area (Å²) in [4.78, 5) is 20.6. The number of aliphatic carboxylic acids is 1. The third kappa shape index (κ3) is 2.94. The molecule has 20 heavy (non-hydrogen) atoms. The Morgan fingerprint density at radius 2 is 2.00 bits per heavy atom. The van der Waals surface area contributed by atoms with Gasteiger partial charge in [-0.2, -0.15) is 4.31 Å². The van der Waals surface area contributed by atoms with Crippen LogP contribution < -0.4 is 0 Å². The van der Waals surface area contributed by atoms with E-state index in [4.69, 9.17) is 5.11 Å². The lowest BCUT2D eigenvalue weighted by Crippen LogP contribution is -2.40. The van der Waals surface area contributed by atoms with Gasteiger partial charge in [0.05, 0.1) is 9.82 Å². The molecule has 1 aromatic carbocycles. The molecule has 0 amide bonds. The maximum Gasteiger partial charge on any atom is 0.321 e. The number of nitro groups is 1. The van der Waals surface area contributed by atoms with Crippen LogP contribution in [0.1, 0.15) is 12.5 Å². The number of carboxylic acid groups (broad SMARTS) is 1. The van der Waals surface area contributed by atoms with Gasteiger partial charge in [-0.25, -0.2) is 8.42 Å². The molecule has 8 nitrogen and oxygen atoms in total. The number of aryl methyl sites for hydroxylation is 1. The van der Waals surface area contributed by atoms with Crippen LogP contribution in [0.3, 0.4) is 0 Å². The Balaban J connectivity index is 3.33. The molecule has 1 N–H and O–H groups in total. The molecular weight excluding hydrogens is 288 g/mol. The molecule has 110 valence electrons. The van der Waals surface area contributed by atoms with Gasteiger partial charge < -0.3 is 5.11 Å². The SMILES string of the molecule is Cc1ccc(S(=O)(=O)N(C)C(C)C(=O)O)cc1[N+](=O)[O-]. The number of carboxylic acids is 1. The number of rotatable bonds is 5. The zero-order chi connectivity index (χ0) is 15.7. The Morgan fingerprint density at radius 3 is 2.45 bits per heavy atom. The van der Waals surface area contributed by atoms with E-state index in [0.717, 1.165) is 13.1 Å². The highest BCUT2D eigenvalue weighted by atomic mass is 32.2. The summed E-state index contributed by atoms with van der Waals surface area (Å²) in [5.41, 5.74) is -0.00895. The second-order valence-electron chi connectivity index (χ2n) is 4.24. The van der Waals surface area contributed by atoms with Crippen molar-refractivity contribution >= 4 is 21.7 Å². The Kier molecular flexibility index (Phi) is 4.46. The van der Waals surface area contributed by atoms with Crippen molar-refractivity contribution in [1.29, 1.82) is 0 Å². The van der Waals surface area contributed by atoms with Crippen LogP contribution >= 0.6 is 0 Å². The van der Waals surface area contributed by atoms with Gasteiger partial charge in [0.25, 0.3) is 5.69 Å². The van der Waals surface area contributed by atoms with Crippen molar-refractivity contribution in [3.05, 3.63) is 33.9 Å². The summed E-state index contributed by atoms with van der Waals surface area (Å²) in [6, 6.07) is 2.17. The predicted octanol–water partition coefficient (Wildman–Crippen LogP) is 0.997. The third-order valence-electron chi connectivity index (χ3n) is 2.96. The topological polar surface area (TPSA) is 118 Å². The van der Waals surface area contributed by atoms with Crippen LogP contribution in [0.4, 0.5) is 5.69 Å². The highest BCUT2D eigenvalue weighted by Crippen LogP contribution is 2.24. The van der Waals surface area contributed by atoms with Crippen molar-refractivity contribution in [3.8, 4) is 0 Å². The molecule has 9 heteroatoms. The van der Waals surface area contributed by atoms with Crippen LogP contribution in [0, 0.1) is 17.0 Å². The molecule has 0 spiro atoms. The minimum atomic E-state index is -4.11. The van der Waals surface area contributed by atoms with Crippen LogP contribution in [-0.4, -0.2) is 41.8 Å². The molecule has 0 saturated carbocycles. The molecule has 1 atom stereocenters. The Hall–Kier alpha value is -2.00. The fourth-order valence-electron chi connectivity index (χ4n) is 1.48. The fraction of sp³-hybridized carbons (Fsp3) is 0.364. The van der Waals surface area contributed by atoms with Crippen molar-refractivity contribution < 1.29 is 23.2 Å². The standard InChI is InChI=1S/C11H14N2O6S/c1-7-4-5-9(6-10(7)13(16)17)20(18,19)12(3)8(2)11(14)15/h4-6,8H,1-3H3,(H,14,15). The highest BCUT2D eigenvalue weighted by molar-refractivity contribution is 7.89. The molecule has 0 aromatic heterocycles. The normalized spacial score (nSPS) is 13.2. The van der Waals surface area contributed by atoms with E-state index in [-0.39, 0.29) is 10.6 Å². The van der Waals surface area contributed by atoms with E-state index in [1.165, 1.54) is 26.0 Å². The van der Waals surface area contributed by atoms with Crippen LogP contribution in [-0.2, 0) is 14.8 Å². The van der Waals surface area contributed by atoms with Gasteiger partial charge in [0.2, 0.25) is 10.0 Å². The maximum atomic E-state index is 12.2. The van der Waals surface area contributed by atoms with Gasteiger partial charge >= 0.3 is 5.97 Å². The number of benzene rings is 1. The number of nitro benzene ring substituents is 1. The summed E-state index contributed by atoms with van der Waals surface area (Å²) in [6.45, 7) is 2.70. The Bertz CT molecular complexity index is 655. The van der Waals surface area contributed by atoms with Crippen molar-refractivity contribution in [3.63, 3.8) is 0 Å². The second-order valence-corrected chi connectivity index (χ2v) is 6.24. The van der Waals surface area contributed by atoms with E-state index in [2.05, 4.69) is 0 Å². The molecule has 0 aliphatic rings. The first-order valence-corrected chi connectivity index (χ1v) is 6.99. The summed E-state index contributed by atoms with van der Waals surface area (Å²) >= 11 is 0. The van der Waals surface area contributed by atoms with E-state index in [0.29, 0.717) is 9.87 Å². The van der Waals surface area contributed by atoms with Gasteiger partial charge in [0.1, 0.15) is 6.04 Å². The fourth-order valence-corrected chi connectivity index (χ4v) is 2.82. The molecule has 0 heterocycles. The monoisotopic (exact) mass is 302 g/mol. The van der Waals surface area contributed by atoms with Crippen LogP contribution in [0.15, 0.2) is 23.1 Å². The molecule has 0 aliphatic carbocycles. The first-order valence-electron chi connectivity index (χ1n) is 5.55. The average Bonchev–Trinajstić information content (AvgIpc) is 2.36. The quantitative estimate of drug-likeness (QED) is 0.640. The van der Waals surface area contributed by atoms with Crippen LogP contribution in [0.2, 0.25) is 0 Å². The number of hydrogen-bond acceptors (Lipinski definition) is 5. The zero-order valence-electron chi connectivity index (χ0n) is 11.1. The van der Waals surface area contributed by atoms with Crippen molar-refractivity contribution in [1.82, 2.24) is 4.31 Å². The summed E-state index contributed by atoms with van der Waals surface area (Å²) in [7, 11) is -3.00. The van der Waals surface area contributed by atoms with E-state index in [1.807, 2.05) is 0 Å². The van der Waals surface area contributed by atoms with Gasteiger partial charge in [-0.15, -0.1) is 0 Å². The molecule has 0 saturated heterocycles. The average molecular weight is 302 g/mol. The number of sulfonamides is 1. The first-order chi connectivity index (χ1) is 9.09. The Labute approximate surface area is 115 Å². The van der Waals surface area contributed by atoms with Gasteiger partial charge in [0.15, 0.2) is 0 Å². The molecule has 0 aliphatic heterocycles. The van der Waals surface area contributed by atoms with Crippen molar-refractivity contribution in [2.45, 2.75) is 24.8 Å². The van der Waals surface area contributed by atoms with E-state index in [9.17, 15) is 23.3 Å². The minimum absolute atomic E-state index is 0.314. The van der Waals surface area contributed by atoms with E-state index < -0.39 is 27.0 Å². The van der Waals surface area contributed by atoms with Crippen LogP contribution in [0.25, 0.3) is 0 Å². The van der Waals surface area contributed by atoms with Crippen molar-refractivity contribution in [2.24, 2.45) is 0 Å². The third-order valence-corrected chi connectivity index (χ3v) is 4.88. The zero-order valence-corrected chi connectivity index (χ0v) is 11.9. The predicted molar refractivity (Wildman–Crippen MR) is 69.9 cm³/mol. The lowest BCUT2D eigenvalue weighted by molar-refractivity contribution is -0.385. The summed E-state index contributed by atoms with van der Waals surface area (Å²) < 4.78 is 25.1. The van der Waals surface area contributed by atoms with Gasteiger partial charge in [-0.05, 0) is 19.9 Å². The molecule has 1 aromatic rings. The molecule has 0 fully saturated rings. The lowest BCUT2D eigenvalue weighted by Gasteiger charge is -2.21. The lowest BCUT2D eigenvalue weighted by atomic mass is 10.2. The van der Waals surface area contributed by atoms with Gasteiger partial charge in [-0.3, -0.25) is 14.9 Å².